The molecule has 3 aliphatic heterocycles. The molecule has 5 rings (SSSR count). The van der Waals surface area contributed by atoms with Crippen molar-refractivity contribution in [1.29, 1.82) is 0 Å². The van der Waals surface area contributed by atoms with Crippen LogP contribution in [0, 0.1) is 11.8 Å². The van der Waals surface area contributed by atoms with Crippen molar-refractivity contribution >= 4 is 17.5 Å². The summed E-state index contributed by atoms with van der Waals surface area (Å²) in [4.78, 5) is 26.8. The zero-order valence-corrected chi connectivity index (χ0v) is 12.8. The fourth-order valence-corrected chi connectivity index (χ4v) is 3.99. The molecule has 4 nitrogen and oxygen atoms in total. The Labute approximate surface area is 139 Å². The molecule has 4 atom stereocenters. The highest BCUT2D eigenvalue weighted by Crippen LogP contribution is 2.46. The number of fused-ring (bicyclic) bond motifs is 5. The van der Waals surface area contributed by atoms with Gasteiger partial charge in [0.05, 0.1) is 29.7 Å². The highest BCUT2D eigenvalue weighted by molar-refractivity contribution is 6.23. The number of hydrogen-bond donors (Lipinski definition) is 0. The summed E-state index contributed by atoms with van der Waals surface area (Å²) in [5.74, 6) is -1.01. The third-order valence-electron chi connectivity index (χ3n) is 5.14. The zero-order valence-electron chi connectivity index (χ0n) is 12.8. The number of benzene rings is 2. The molecule has 0 saturated carbocycles. The average molecular weight is 317 g/mol. The molecule has 0 spiro atoms. The van der Waals surface area contributed by atoms with Crippen LogP contribution < -0.4 is 4.90 Å². The van der Waals surface area contributed by atoms with Crippen LogP contribution in [0.4, 0.5) is 5.69 Å². The van der Waals surface area contributed by atoms with Crippen molar-refractivity contribution in [3.63, 3.8) is 0 Å². The molecule has 24 heavy (non-hydrogen) atoms. The van der Waals surface area contributed by atoms with Gasteiger partial charge in [0.2, 0.25) is 11.8 Å². The van der Waals surface area contributed by atoms with Crippen molar-refractivity contribution in [2.45, 2.75) is 12.2 Å². The summed E-state index contributed by atoms with van der Waals surface area (Å²) in [5.41, 5.74) is 2.80. The van der Waals surface area contributed by atoms with Crippen LogP contribution in [0.2, 0.25) is 0 Å². The quantitative estimate of drug-likeness (QED) is 0.632. The Morgan fingerprint density at radius 1 is 0.708 bits per heavy atom. The number of amides is 2. The molecule has 4 heteroatoms. The SMILES string of the molecule is O=C1[C@H]2[C@H](C(=O)N1c1ccc(-c3ccccc3)cc1)[C@H]1C=C[C@H]2O1. The van der Waals surface area contributed by atoms with Gasteiger partial charge in [-0.3, -0.25) is 9.59 Å². The van der Waals surface area contributed by atoms with E-state index in [1.165, 1.54) is 4.90 Å². The molecule has 0 aliphatic carbocycles. The van der Waals surface area contributed by atoms with Crippen molar-refractivity contribution < 1.29 is 14.3 Å². The summed E-state index contributed by atoms with van der Waals surface area (Å²) < 4.78 is 5.66. The van der Waals surface area contributed by atoms with E-state index >= 15 is 0 Å². The van der Waals surface area contributed by atoms with Gasteiger partial charge in [0.1, 0.15) is 0 Å². The molecule has 3 aliphatic rings. The number of anilines is 1. The summed E-state index contributed by atoms with van der Waals surface area (Å²) in [5, 5.41) is 0. The third-order valence-corrected chi connectivity index (χ3v) is 5.14. The maximum Gasteiger partial charge on any atom is 0.240 e. The van der Waals surface area contributed by atoms with E-state index in [2.05, 4.69) is 0 Å². The number of imide groups is 1. The van der Waals surface area contributed by atoms with Gasteiger partial charge >= 0.3 is 0 Å². The van der Waals surface area contributed by atoms with Gasteiger partial charge in [-0.15, -0.1) is 0 Å². The first-order valence-corrected chi connectivity index (χ1v) is 8.11. The Bertz CT molecular complexity index is 826. The molecule has 0 N–H and O–H groups in total. The maximum atomic E-state index is 12.7. The van der Waals surface area contributed by atoms with Crippen LogP contribution in [-0.2, 0) is 14.3 Å². The first-order valence-electron chi connectivity index (χ1n) is 8.11. The van der Waals surface area contributed by atoms with Crippen LogP contribution in [0.5, 0.6) is 0 Å². The minimum absolute atomic E-state index is 0.144. The van der Waals surface area contributed by atoms with E-state index < -0.39 is 0 Å². The molecule has 3 heterocycles. The highest BCUT2D eigenvalue weighted by Gasteiger charge is 2.60. The van der Waals surface area contributed by atoms with E-state index in [0.717, 1.165) is 11.1 Å². The Kier molecular flexibility index (Phi) is 2.79. The molecule has 118 valence electrons. The average Bonchev–Trinajstić information content (AvgIpc) is 3.30. The molecule has 2 aromatic carbocycles. The topological polar surface area (TPSA) is 46.6 Å². The lowest BCUT2D eigenvalue weighted by atomic mass is 9.85. The van der Waals surface area contributed by atoms with Crippen LogP contribution in [0.1, 0.15) is 0 Å². The number of carbonyl (C=O) groups excluding carboxylic acids is 2. The maximum absolute atomic E-state index is 12.7. The van der Waals surface area contributed by atoms with Gasteiger partial charge in [0, 0.05) is 0 Å². The third kappa shape index (κ3) is 1.77. The molecular formula is C20H15NO3. The molecule has 2 fully saturated rings. The Morgan fingerprint density at radius 2 is 1.25 bits per heavy atom. The summed E-state index contributed by atoms with van der Waals surface area (Å²) in [6, 6.07) is 17.6. The summed E-state index contributed by atoms with van der Waals surface area (Å²) in [6.07, 6.45) is 3.31. The van der Waals surface area contributed by atoms with Gasteiger partial charge in [0.25, 0.3) is 0 Å². The van der Waals surface area contributed by atoms with E-state index in [4.69, 9.17) is 4.74 Å². The lowest BCUT2D eigenvalue weighted by Crippen LogP contribution is -2.34. The summed E-state index contributed by atoms with van der Waals surface area (Å²) in [6.45, 7) is 0. The second-order valence-electron chi connectivity index (χ2n) is 6.43. The number of carbonyl (C=O) groups is 2. The van der Waals surface area contributed by atoms with Gasteiger partial charge < -0.3 is 4.74 Å². The summed E-state index contributed by atoms with van der Waals surface area (Å²) >= 11 is 0. The predicted molar refractivity (Wildman–Crippen MR) is 89.2 cm³/mol. The lowest BCUT2D eigenvalue weighted by molar-refractivity contribution is -0.124. The molecular weight excluding hydrogens is 302 g/mol. The Balaban J connectivity index is 1.47. The van der Waals surface area contributed by atoms with E-state index in [0.29, 0.717) is 5.69 Å². The zero-order chi connectivity index (χ0) is 16.3. The largest absolute Gasteiger partial charge is 0.365 e. The number of rotatable bonds is 2. The van der Waals surface area contributed by atoms with Crippen molar-refractivity contribution in [3.8, 4) is 11.1 Å². The predicted octanol–water partition coefficient (Wildman–Crippen LogP) is 2.80. The van der Waals surface area contributed by atoms with Crippen molar-refractivity contribution in [3.05, 3.63) is 66.7 Å². The van der Waals surface area contributed by atoms with E-state index in [1.807, 2.05) is 66.7 Å². The fourth-order valence-electron chi connectivity index (χ4n) is 3.99. The molecule has 2 amide bonds. The summed E-state index contributed by atoms with van der Waals surface area (Å²) in [7, 11) is 0. The fraction of sp³-hybridized carbons (Fsp3) is 0.200. The van der Waals surface area contributed by atoms with Crippen LogP contribution in [0.25, 0.3) is 11.1 Å². The normalized spacial score (nSPS) is 30.2. The van der Waals surface area contributed by atoms with Gasteiger partial charge in [-0.1, -0.05) is 54.6 Å². The minimum atomic E-state index is -0.360. The molecule has 0 radical (unpaired) electrons. The molecule has 0 aromatic heterocycles. The van der Waals surface area contributed by atoms with Crippen molar-refractivity contribution in [1.82, 2.24) is 0 Å². The second-order valence-corrected chi connectivity index (χ2v) is 6.43. The van der Waals surface area contributed by atoms with Gasteiger partial charge in [-0.05, 0) is 23.3 Å². The van der Waals surface area contributed by atoms with Crippen molar-refractivity contribution in [2.75, 3.05) is 4.90 Å². The number of nitrogens with zero attached hydrogens (tertiary/aromatic N) is 1. The van der Waals surface area contributed by atoms with Crippen LogP contribution in [0.3, 0.4) is 0 Å². The number of ether oxygens (including phenoxy) is 1. The van der Waals surface area contributed by atoms with E-state index in [9.17, 15) is 9.59 Å². The van der Waals surface area contributed by atoms with E-state index in [-0.39, 0.29) is 35.9 Å². The van der Waals surface area contributed by atoms with Crippen LogP contribution in [-0.4, -0.2) is 24.0 Å². The van der Waals surface area contributed by atoms with Gasteiger partial charge in [0.15, 0.2) is 0 Å². The van der Waals surface area contributed by atoms with Gasteiger partial charge in [-0.2, -0.15) is 0 Å². The second kappa shape index (κ2) is 4.89. The van der Waals surface area contributed by atoms with E-state index in [1.54, 1.807) is 0 Å². The number of hydrogen-bond acceptors (Lipinski definition) is 3. The lowest BCUT2D eigenvalue weighted by Gasteiger charge is -2.18. The molecule has 2 saturated heterocycles. The first kappa shape index (κ1) is 13.7. The minimum Gasteiger partial charge on any atom is -0.365 e. The van der Waals surface area contributed by atoms with Crippen molar-refractivity contribution in [2.24, 2.45) is 11.8 Å². The van der Waals surface area contributed by atoms with Crippen LogP contribution >= 0.6 is 0 Å². The van der Waals surface area contributed by atoms with Crippen LogP contribution in [0.15, 0.2) is 66.7 Å². The Morgan fingerprint density at radius 3 is 1.83 bits per heavy atom. The standard InChI is InChI=1S/C20H15NO3/c22-19-17-15-10-11-16(24-15)18(17)20(23)21(19)14-8-6-13(7-9-14)12-4-2-1-3-5-12/h1-11,15-18H/t15-,16-,17-,18-/m1/s1. The highest BCUT2D eigenvalue weighted by atomic mass is 16.5. The smallest absolute Gasteiger partial charge is 0.240 e. The monoisotopic (exact) mass is 317 g/mol. The molecule has 0 unspecified atom stereocenters. The Hall–Kier alpha value is -2.72. The van der Waals surface area contributed by atoms with Gasteiger partial charge in [-0.25, -0.2) is 4.90 Å². The first-order chi connectivity index (χ1) is 11.7. The molecule has 2 bridgehead atoms. The molecule has 2 aromatic rings.